The first-order valence-electron chi connectivity index (χ1n) is 5.83. The second-order valence-corrected chi connectivity index (χ2v) is 4.41. The molecule has 0 fully saturated rings. The average Bonchev–Trinajstić information content (AvgIpc) is 2.40. The molecule has 0 aliphatic rings. The fourth-order valence-corrected chi connectivity index (χ4v) is 2.13. The molecule has 0 unspecified atom stereocenters. The van der Waals surface area contributed by atoms with Gasteiger partial charge in [-0.25, -0.2) is 4.98 Å². The molecule has 0 aliphatic carbocycles. The number of nitrogen functional groups attached to an aromatic ring is 2. The third-order valence-corrected chi connectivity index (χ3v) is 3.06. The van der Waals surface area contributed by atoms with Gasteiger partial charge >= 0.3 is 0 Å². The van der Waals surface area contributed by atoms with Crippen molar-refractivity contribution in [2.24, 2.45) is 5.11 Å². The molecule has 20 heavy (non-hydrogen) atoms. The summed E-state index contributed by atoms with van der Waals surface area (Å²) in [5.74, 6) is 0.432. The van der Waals surface area contributed by atoms with Crippen LogP contribution in [0.3, 0.4) is 0 Å². The summed E-state index contributed by atoms with van der Waals surface area (Å²) >= 11 is 6.07. The lowest BCUT2D eigenvalue weighted by molar-refractivity contribution is 1.02. The Morgan fingerprint density at radius 1 is 1.35 bits per heavy atom. The molecule has 102 valence electrons. The number of aryl methyl sites for hydroxylation is 1. The van der Waals surface area contributed by atoms with Crippen LogP contribution in [0.1, 0.15) is 12.6 Å². The largest absolute Gasteiger partial charge is 0.383 e. The first-order chi connectivity index (χ1) is 9.56. The number of hydrogen-bond donors (Lipinski definition) is 2. The van der Waals surface area contributed by atoms with Gasteiger partial charge in [0.25, 0.3) is 0 Å². The average molecular weight is 290 g/mol. The standard InChI is InChI=1S/C12H12ClN7/c1-2-8-10(11(14)18-12(15)17-8)6-3-4-9(19-20-16)7(13)5-6/h3-5H,2H2,1H3,(H4,14,15,17,18). The van der Waals surface area contributed by atoms with Gasteiger partial charge in [0.1, 0.15) is 5.82 Å². The number of rotatable bonds is 3. The highest BCUT2D eigenvalue weighted by Crippen LogP contribution is 2.34. The van der Waals surface area contributed by atoms with Crippen molar-refractivity contribution in [1.29, 1.82) is 0 Å². The third-order valence-electron chi connectivity index (χ3n) is 2.75. The van der Waals surface area contributed by atoms with Crippen LogP contribution in [0.5, 0.6) is 0 Å². The molecule has 8 heteroatoms. The van der Waals surface area contributed by atoms with Crippen molar-refractivity contribution in [3.63, 3.8) is 0 Å². The molecule has 2 aromatic rings. The van der Waals surface area contributed by atoms with Gasteiger partial charge < -0.3 is 11.5 Å². The molecule has 0 atom stereocenters. The molecule has 0 bridgehead atoms. The monoisotopic (exact) mass is 289 g/mol. The van der Waals surface area contributed by atoms with Gasteiger partial charge in [0, 0.05) is 10.5 Å². The maximum atomic E-state index is 8.43. The summed E-state index contributed by atoms with van der Waals surface area (Å²) in [5.41, 5.74) is 22.5. The van der Waals surface area contributed by atoms with E-state index in [2.05, 4.69) is 20.0 Å². The second kappa shape index (κ2) is 5.64. The third kappa shape index (κ3) is 2.59. The fourth-order valence-electron chi connectivity index (χ4n) is 1.91. The predicted molar refractivity (Wildman–Crippen MR) is 79.5 cm³/mol. The van der Waals surface area contributed by atoms with Gasteiger partial charge in [0.15, 0.2) is 0 Å². The van der Waals surface area contributed by atoms with E-state index in [4.69, 9.17) is 28.6 Å². The lowest BCUT2D eigenvalue weighted by Crippen LogP contribution is -2.06. The zero-order valence-corrected chi connectivity index (χ0v) is 11.5. The molecule has 1 heterocycles. The van der Waals surface area contributed by atoms with Crippen LogP contribution in [-0.4, -0.2) is 9.97 Å². The second-order valence-electron chi connectivity index (χ2n) is 4.00. The molecular weight excluding hydrogens is 278 g/mol. The van der Waals surface area contributed by atoms with Crippen molar-refractivity contribution in [2.45, 2.75) is 13.3 Å². The summed E-state index contributed by atoms with van der Waals surface area (Å²) in [6.45, 7) is 1.95. The first kappa shape index (κ1) is 13.9. The van der Waals surface area contributed by atoms with Crippen molar-refractivity contribution in [2.75, 3.05) is 11.5 Å². The Labute approximate surface area is 120 Å². The molecule has 1 aromatic heterocycles. The quantitative estimate of drug-likeness (QED) is 0.509. The lowest BCUT2D eigenvalue weighted by Gasteiger charge is -2.11. The molecule has 1 aromatic carbocycles. The fraction of sp³-hybridized carbons (Fsp3) is 0.167. The number of halogens is 1. The van der Waals surface area contributed by atoms with Gasteiger partial charge in [0.2, 0.25) is 5.95 Å². The molecule has 0 aliphatic heterocycles. The maximum absolute atomic E-state index is 8.43. The van der Waals surface area contributed by atoms with E-state index in [0.29, 0.717) is 28.5 Å². The Bertz CT molecular complexity index is 707. The number of anilines is 2. The Hall–Kier alpha value is -2.50. The zero-order chi connectivity index (χ0) is 14.7. The van der Waals surface area contributed by atoms with Gasteiger partial charge in [-0.3, -0.25) is 0 Å². The zero-order valence-electron chi connectivity index (χ0n) is 10.7. The van der Waals surface area contributed by atoms with Crippen molar-refractivity contribution >= 4 is 29.1 Å². The van der Waals surface area contributed by atoms with E-state index in [-0.39, 0.29) is 5.95 Å². The molecule has 7 nitrogen and oxygen atoms in total. The van der Waals surface area contributed by atoms with Crippen molar-refractivity contribution in [3.05, 3.63) is 39.4 Å². The highest BCUT2D eigenvalue weighted by molar-refractivity contribution is 6.33. The summed E-state index contributed by atoms with van der Waals surface area (Å²) < 4.78 is 0. The van der Waals surface area contributed by atoms with E-state index >= 15 is 0 Å². The van der Waals surface area contributed by atoms with Crippen LogP contribution in [-0.2, 0) is 6.42 Å². The highest BCUT2D eigenvalue weighted by Gasteiger charge is 2.13. The molecule has 0 amide bonds. The van der Waals surface area contributed by atoms with E-state index in [1.165, 1.54) is 0 Å². The van der Waals surface area contributed by atoms with E-state index in [1.807, 2.05) is 6.92 Å². The minimum atomic E-state index is 0.139. The predicted octanol–water partition coefficient (Wildman–Crippen LogP) is 3.47. The molecule has 2 rings (SSSR count). The minimum Gasteiger partial charge on any atom is -0.383 e. The molecular formula is C12H12ClN7. The number of azide groups is 1. The van der Waals surface area contributed by atoms with Crippen LogP contribution in [0, 0.1) is 0 Å². The molecule has 4 N–H and O–H groups in total. The Balaban J connectivity index is 2.62. The topological polar surface area (TPSA) is 127 Å². The molecule has 0 saturated heterocycles. The normalized spacial score (nSPS) is 10.1. The van der Waals surface area contributed by atoms with E-state index in [9.17, 15) is 0 Å². The smallest absolute Gasteiger partial charge is 0.222 e. The Morgan fingerprint density at radius 2 is 2.10 bits per heavy atom. The van der Waals surface area contributed by atoms with Gasteiger partial charge in [-0.1, -0.05) is 35.8 Å². The number of nitrogens with two attached hydrogens (primary N) is 2. The summed E-state index contributed by atoms with van der Waals surface area (Å²) in [5, 5.41) is 3.82. The number of aromatic nitrogens is 2. The SMILES string of the molecule is CCc1nc(N)nc(N)c1-c1ccc(N=[N+]=[N-])c(Cl)c1. The minimum absolute atomic E-state index is 0.139. The van der Waals surface area contributed by atoms with Gasteiger partial charge in [-0.05, 0) is 23.6 Å². The summed E-state index contributed by atoms with van der Waals surface area (Å²) in [6.07, 6.45) is 0.655. The molecule has 0 saturated carbocycles. The van der Waals surface area contributed by atoms with E-state index < -0.39 is 0 Å². The number of hydrogen-bond acceptors (Lipinski definition) is 5. The van der Waals surface area contributed by atoms with Crippen LogP contribution < -0.4 is 11.5 Å². The number of benzene rings is 1. The summed E-state index contributed by atoms with van der Waals surface area (Å²) in [6, 6.07) is 5.03. The molecule has 0 spiro atoms. The van der Waals surface area contributed by atoms with Crippen LogP contribution in [0.15, 0.2) is 23.3 Å². The van der Waals surface area contributed by atoms with Crippen LogP contribution in [0.25, 0.3) is 21.6 Å². The van der Waals surface area contributed by atoms with Crippen LogP contribution in [0.2, 0.25) is 5.02 Å². The van der Waals surface area contributed by atoms with Crippen LogP contribution >= 0.6 is 11.6 Å². The highest BCUT2D eigenvalue weighted by atomic mass is 35.5. The van der Waals surface area contributed by atoms with Crippen molar-refractivity contribution in [3.8, 4) is 11.1 Å². The van der Waals surface area contributed by atoms with E-state index in [0.717, 1.165) is 11.3 Å². The molecule has 0 radical (unpaired) electrons. The Kier molecular flexibility index (Phi) is 3.93. The van der Waals surface area contributed by atoms with Crippen molar-refractivity contribution < 1.29 is 0 Å². The Morgan fingerprint density at radius 3 is 2.70 bits per heavy atom. The van der Waals surface area contributed by atoms with Crippen LogP contribution in [0.4, 0.5) is 17.5 Å². The van der Waals surface area contributed by atoms with E-state index in [1.54, 1.807) is 18.2 Å². The summed E-state index contributed by atoms with van der Waals surface area (Å²) in [4.78, 5) is 10.9. The summed E-state index contributed by atoms with van der Waals surface area (Å²) in [7, 11) is 0. The lowest BCUT2D eigenvalue weighted by atomic mass is 10.0. The van der Waals surface area contributed by atoms with Gasteiger partial charge in [0.05, 0.1) is 16.4 Å². The first-order valence-corrected chi connectivity index (χ1v) is 6.21. The number of nitrogens with zero attached hydrogens (tertiary/aromatic N) is 5. The van der Waals surface area contributed by atoms with Crippen molar-refractivity contribution in [1.82, 2.24) is 9.97 Å². The van der Waals surface area contributed by atoms with Gasteiger partial charge in [-0.15, -0.1) is 0 Å². The maximum Gasteiger partial charge on any atom is 0.222 e. The van der Waals surface area contributed by atoms with Gasteiger partial charge in [-0.2, -0.15) is 4.98 Å².